The Hall–Kier alpha value is -2.54. The minimum atomic E-state index is -0.704. The lowest BCUT2D eigenvalue weighted by Crippen LogP contribution is -2.51. The summed E-state index contributed by atoms with van der Waals surface area (Å²) in [5.74, 6) is -1.16. The number of anilines is 1. The van der Waals surface area contributed by atoms with Gasteiger partial charge in [-0.25, -0.2) is 4.79 Å². The molecule has 0 bridgehead atoms. The summed E-state index contributed by atoms with van der Waals surface area (Å²) in [6, 6.07) is 6.71. The third-order valence-electron chi connectivity index (χ3n) is 3.82. The molecule has 1 aliphatic heterocycles. The van der Waals surface area contributed by atoms with Crippen molar-refractivity contribution >= 4 is 17.7 Å². The van der Waals surface area contributed by atoms with Crippen LogP contribution < -0.4 is 15.5 Å². The van der Waals surface area contributed by atoms with Crippen LogP contribution in [0.1, 0.15) is 11.6 Å². The van der Waals surface area contributed by atoms with Gasteiger partial charge >= 0.3 is 12.0 Å². The molecule has 1 heterocycles. The summed E-state index contributed by atoms with van der Waals surface area (Å²) >= 11 is 0. The Kier molecular flexibility index (Phi) is 5.81. The maximum Gasteiger partial charge on any atom is 0.319 e. The van der Waals surface area contributed by atoms with Gasteiger partial charge in [-0.1, -0.05) is 18.7 Å². The Bertz CT molecular complexity index is 613. The summed E-state index contributed by atoms with van der Waals surface area (Å²) < 4.78 is 10.1. The summed E-state index contributed by atoms with van der Waals surface area (Å²) in [7, 11) is 5.42. The van der Waals surface area contributed by atoms with Gasteiger partial charge in [-0.3, -0.25) is 4.79 Å². The molecular formula is C17H23N3O4. The number of hydrogen-bond acceptors (Lipinski definition) is 5. The monoisotopic (exact) mass is 333 g/mol. The molecule has 130 valence electrons. The molecule has 7 heteroatoms. The lowest BCUT2D eigenvalue weighted by atomic mass is 9.89. The number of urea groups is 1. The fourth-order valence-electron chi connectivity index (χ4n) is 2.53. The number of carbonyl (C=O) groups is 2. The van der Waals surface area contributed by atoms with Gasteiger partial charge in [-0.05, 0) is 17.7 Å². The standard InChI is InChI=1S/C17H23N3O4/c1-11-14(16(21)24-10-9-23-4)15(19-17(22)18-11)12-5-7-13(8-6-12)20(2)3/h5-8,14-15H,1,9-10H2,2-4H3,(H2,18,19,22)/t14-,15-/m0/s1. The lowest BCUT2D eigenvalue weighted by Gasteiger charge is -2.33. The number of esters is 1. The first kappa shape index (κ1) is 17.8. The highest BCUT2D eigenvalue weighted by Gasteiger charge is 2.38. The van der Waals surface area contributed by atoms with Gasteiger partial charge in [-0.15, -0.1) is 0 Å². The second kappa shape index (κ2) is 7.83. The van der Waals surface area contributed by atoms with Gasteiger partial charge in [0.1, 0.15) is 12.5 Å². The molecular weight excluding hydrogens is 310 g/mol. The molecule has 1 saturated heterocycles. The van der Waals surface area contributed by atoms with Gasteiger partial charge in [0.15, 0.2) is 0 Å². The summed E-state index contributed by atoms with van der Waals surface area (Å²) in [6.07, 6.45) is 0. The van der Waals surface area contributed by atoms with E-state index in [1.165, 1.54) is 7.11 Å². The SMILES string of the molecule is C=C1NC(=O)N[C@@H](c2ccc(N(C)C)cc2)[C@H]1C(=O)OCCOC. The number of methoxy groups -OCH3 is 1. The van der Waals surface area contributed by atoms with Crippen molar-refractivity contribution in [2.75, 3.05) is 39.3 Å². The molecule has 1 aliphatic rings. The number of carbonyl (C=O) groups excluding carboxylic acids is 2. The molecule has 2 N–H and O–H groups in total. The lowest BCUT2D eigenvalue weighted by molar-refractivity contribution is -0.149. The third kappa shape index (κ3) is 4.05. The maximum absolute atomic E-state index is 12.4. The van der Waals surface area contributed by atoms with Gasteiger partial charge in [0.25, 0.3) is 0 Å². The molecule has 1 aromatic rings. The van der Waals surface area contributed by atoms with Crippen LogP contribution in [-0.4, -0.2) is 46.4 Å². The van der Waals surface area contributed by atoms with Crippen molar-refractivity contribution in [2.45, 2.75) is 6.04 Å². The number of hydrogen-bond donors (Lipinski definition) is 2. The molecule has 0 aromatic heterocycles. The van der Waals surface area contributed by atoms with E-state index >= 15 is 0 Å². The summed E-state index contributed by atoms with van der Waals surface area (Å²) in [5, 5.41) is 5.32. The van der Waals surface area contributed by atoms with Crippen molar-refractivity contribution in [1.29, 1.82) is 0 Å². The van der Waals surface area contributed by atoms with E-state index in [9.17, 15) is 9.59 Å². The largest absolute Gasteiger partial charge is 0.463 e. The molecule has 0 saturated carbocycles. The molecule has 0 aliphatic carbocycles. The zero-order valence-electron chi connectivity index (χ0n) is 14.2. The number of ether oxygens (including phenoxy) is 2. The summed E-state index contributed by atoms with van der Waals surface area (Å²) in [5.41, 5.74) is 2.16. The molecule has 2 atom stereocenters. The van der Waals surface area contributed by atoms with Crippen molar-refractivity contribution in [1.82, 2.24) is 10.6 Å². The Balaban J connectivity index is 2.23. The smallest absolute Gasteiger partial charge is 0.319 e. The number of nitrogens with one attached hydrogen (secondary N) is 2. The van der Waals surface area contributed by atoms with Crippen LogP contribution in [0.25, 0.3) is 0 Å². The molecule has 0 unspecified atom stereocenters. The van der Waals surface area contributed by atoms with Crippen LogP contribution in [0.5, 0.6) is 0 Å². The van der Waals surface area contributed by atoms with Crippen LogP contribution in [0.4, 0.5) is 10.5 Å². The Labute approximate surface area is 141 Å². The average molecular weight is 333 g/mol. The van der Waals surface area contributed by atoms with E-state index in [0.717, 1.165) is 11.3 Å². The number of rotatable bonds is 6. The van der Waals surface area contributed by atoms with Crippen molar-refractivity contribution < 1.29 is 19.1 Å². The van der Waals surface area contributed by atoms with Crippen LogP contribution >= 0.6 is 0 Å². The van der Waals surface area contributed by atoms with Crippen LogP contribution in [0.3, 0.4) is 0 Å². The minimum Gasteiger partial charge on any atom is -0.463 e. The average Bonchev–Trinajstić information content (AvgIpc) is 2.54. The highest BCUT2D eigenvalue weighted by atomic mass is 16.6. The molecule has 0 spiro atoms. The molecule has 24 heavy (non-hydrogen) atoms. The molecule has 1 aromatic carbocycles. The van der Waals surface area contributed by atoms with E-state index in [4.69, 9.17) is 9.47 Å². The first-order chi connectivity index (χ1) is 11.4. The van der Waals surface area contributed by atoms with E-state index in [1.54, 1.807) is 0 Å². The topological polar surface area (TPSA) is 79.9 Å². The zero-order valence-corrected chi connectivity index (χ0v) is 14.2. The zero-order chi connectivity index (χ0) is 17.7. The van der Waals surface area contributed by atoms with Crippen LogP contribution in [-0.2, 0) is 14.3 Å². The Morgan fingerprint density at radius 3 is 2.50 bits per heavy atom. The second-order valence-electron chi connectivity index (χ2n) is 5.73. The first-order valence-corrected chi connectivity index (χ1v) is 7.63. The Morgan fingerprint density at radius 2 is 1.92 bits per heavy atom. The molecule has 7 nitrogen and oxygen atoms in total. The van der Waals surface area contributed by atoms with E-state index in [-0.39, 0.29) is 12.6 Å². The predicted octanol–water partition coefficient (Wildman–Crippen LogP) is 1.43. The summed E-state index contributed by atoms with van der Waals surface area (Å²) in [4.78, 5) is 26.2. The number of nitrogens with zero attached hydrogens (tertiary/aromatic N) is 1. The van der Waals surface area contributed by atoms with Gasteiger partial charge in [0.05, 0.1) is 12.6 Å². The van der Waals surface area contributed by atoms with E-state index < -0.39 is 17.9 Å². The molecule has 2 rings (SSSR count). The predicted molar refractivity (Wildman–Crippen MR) is 90.6 cm³/mol. The van der Waals surface area contributed by atoms with Gasteiger partial charge in [0, 0.05) is 32.6 Å². The molecule has 1 fully saturated rings. The van der Waals surface area contributed by atoms with Gasteiger partial charge in [0.2, 0.25) is 0 Å². The number of amides is 2. The fraction of sp³-hybridized carbons (Fsp3) is 0.412. The highest BCUT2D eigenvalue weighted by molar-refractivity contribution is 5.85. The quantitative estimate of drug-likeness (QED) is 0.608. The van der Waals surface area contributed by atoms with Crippen LogP contribution in [0.2, 0.25) is 0 Å². The first-order valence-electron chi connectivity index (χ1n) is 7.63. The molecule has 2 amide bonds. The van der Waals surface area contributed by atoms with Crippen molar-refractivity contribution in [3.8, 4) is 0 Å². The van der Waals surface area contributed by atoms with Crippen LogP contribution in [0.15, 0.2) is 36.5 Å². The van der Waals surface area contributed by atoms with Crippen molar-refractivity contribution in [3.63, 3.8) is 0 Å². The van der Waals surface area contributed by atoms with E-state index in [2.05, 4.69) is 17.2 Å². The second-order valence-corrected chi connectivity index (χ2v) is 5.73. The molecule has 0 radical (unpaired) electrons. The highest BCUT2D eigenvalue weighted by Crippen LogP contribution is 2.31. The number of benzene rings is 1. The third-order valence-corrected chi connectivity index (χ3v) is 3.82. The maximum atomic E-state index is 12.4. The van der Waals surface area contributed by atoms with Crippen LogP contribution in [0, 0.1) is 5.92 Å². The van der Waals surface area contributed by atoms with Gasteiger partial charge in [-0.2, -0.15) is 0 Å². The minimum absolute atomic E-state index is 0.152. The van der Waals surface area contributed by atoms with Crippen molar-refractivity contribution in [2.24, 2.45) is 5.92 Å². The van der Waals surface area contributed by atoms with E-state index in [0.29, 0.717) is 12.3 Å². The van der Waals surface area contributed by atoms with Gasteiger partial charge < -0.3 is 25.0 Å². The summed E-state index contributed by atoms with van der Waals surface area (Å²) in [6.45, 7) is 4.27. The Morgan fingerprint density at radius 1 is 1.25 bits per heavy atom. The van der Waals surface area contributed by atoms with E-state index in [1.807, 2.05) is 43.3 Å². The fourth-order valence-corrected chi connectivity index (χ4v) is 2.53. The van der Waals surface area contributed by atoms with Crippen molar-refractivity contribution in [3.05, 3.63) is 42.1 Å². The normalized spacial score (nSPS) is 20.1.